The van der Waals surface area contributed by atoms with E-state index in [4.69, 9.17) is 4.74 Å². The molecule has 0 radical (unpaired) electrons. The molecule has 2 aliphatic heterocycles. The Morgan fingerprint density at radius 2 is 1.65 bits per heavy atom. The predicted octanol–water partition coefficient (Wildman–Crippen LogP) is 3.43. The average molecular weight is 466 g/mol. The van der Waals surface area contributed by atoms with Crippen LogP contribution >= 0.6 is 0 Å². The number of hydrogen-bond donors (Lipinski definition) is 1. The van der Waals surface area contributed by atoms with E-state index in [1.165, 1.54) is 19.1 Å². The molecule has 4 rings (SSSR count). The maximum Gasteiger partial charge on any atom is 0.411 e. The second-order valence-corrected chi connectivity index (χ2v) is 8.20. The summed E-state index contributed by atoms with van der Waals surface area (Å²) in [5, 5.41) is 2.55. The van der Waals surface area contributed by atoms with Gasteiger partial charge in [0, 0.05) is 31.5 Å². The highest BCUT2D eigenvalue weighted by molar-refractivity contribution is 6.16. The van der Waals surface area contributed by atoms with E-state index in [2.05, 4.69) is 10.1 Å². The van der Waals surface area contributed by atoms with Crippen molar-refractivity contribution in [3.05, 3.63) is 60.2 Å². The van der Waals surface area contributed by atoms with Crippen LogP contribution in [0.1, 0.15) is 18.4 Å². The molecule has 0 atom stereocenters. The number of hydrogen-bond acceptors (Lipinski definition) is 6. The van der Waals surface area contributed by atoms with E-state index in [0.717, 1.165) is 10.5 Å². The van der Waals surface area contributed by atoms with Crippen LogP contribution in [0.5, 0.6) is 0 Å². The van der Waals surface area contributed by atoms with E-state index in [1.54, 1.807) is 29.2 Å². The average Bonchev–Trinajstić information content (AvgIpc) is 3.04. The zero-order valence-corrected chi connectivity index (χ0v) is 19.0. The van der Waals surface area contributed by atoms with E-state index in [0.29, 0.717) is 11.4 Å². The summed E-state index contributed by atoms with van der Waals surface area (Å²) in [6, 6.07) is 15.6. The number of benzene rings is 2. The van der Waals surface area contributed by atoms with Gasteiger partial charge in [0.05, 0.1) is 7.11 Å². The monoisotopic (exact) mass is 466 g/mol. The molecule has 2 aromatic rings. The highest BCUT2D eigenvalue weighted by Crippen LogP contribution is 2.40. The maximum atomic E-state index is 13.2. The van der Waals surface area contributed by atoms with Gasteiger partial charge in [-0.05, 0) is 42.7 Å². The van der Waals surface area contributed by atoms with Crippen LogP contribution in [0.2, 0.25) is 0 Å². The summed E-state index contributed by atoms with van der Waals surface area (Å²) in [5.41, 5.74) is 0.823. The highest BCUT2D eigenvalue weighted by Gasteiger charge is 2.58. The summed E-state index contributed by atoms with van der Waals surface area (Å²) in [4.78, 5) is 54.3. The molecule has 10 nitrogen and oxygen atoms in total. The van der Waals surface area contributed by atoms with E-state index in [9.17, 15) is 19.2 Å². The molecule has 1 N–H and O–H groups in total. The standard InChI is InChI=1S/C24H26N4O6/c1-26-20(29)24(28(22(26)31)19-10-8-18(9-11-19)25-21(30)33-2)12-14-27(15-13-24)23(32)34-16-17-6-4-3-5-7-17/h3-11H,12-16H2,1-2H3,(H,25,30). The number of carbonyl (C=O) groups is 4. The van der Waals surface area contributed by atoms with Gasteiger partial charge in [-0.15, -0.1) is 0 Å². The number of likely N-dealkylation sites (tertiary alicyclic amines) is 1. The summed E-state index contributed by atoms with van der Waals surface area (Å²) >= 11 is 0. The highest BCUT2D eigenvalue weighted by atomic mass is 16.6. The van der Waals surface area contributed by atoms with Gasteiger partial charge in [0.25, 0.3) is 5.91 Å². The molecule has 0 aromatic heterocycles. The molecule has 1 spiro atoms. The van der Waals surface area contributed by atoms with E-state index >= 15 is 0 Å². The van der Waals surface area contributed by atoms with Crippen molar-refractivity contribution in [3.8, 4) is 0 Å². The topological polar surface area (TPSA) is 108 Å². The van der Waals surface area contributed by atoms with Gasteiger partial charge in [-0.3, -0.25) is 19.9 Å². The number of piperidine rings is 1. The minimum Gasteiger partial charge on any atom is -0.453 e. The normalized spacial score (nSPS) is 17.2. The molecule has 34 heavy (non-hydrogen) atoms. The minimum atomic E-state index is -1.08. The fraction of sp³-hybridized carbons (Fsp3) is 0.333. The minimum absolute atomic E-state index is 0.166. The molecule has 0 aliphatic carbocycles. The number of imide groups is 1. The first-order valence-corrected chi connectivity index (χ1v) is 10.9. The van der Waals surface area contributed by atoms with Crippen molar-refractivity contribution in [2.75, 3.05) is 37.5 Å². The Hall–Kier alpha value is -4.08. The molecule has 2 fully saturated rings. The fourth-order valence-electron chi connectivity index (χ4n) is 4.36. The molecule has 2 aromatic carbocycles. The lowest BCUT2D eigenvalue weighted by Gasteiger charge is -2.41. The van der Waals surface area contributed by atoms with Gasteiger partial charge in [-0.1, -0.05) is 30.3 Å². The van der Waals surface area contributed by atoms with Crippen molar-refractivity contribution in [1.29, 1.82) is 0 Å². The Morgan fingerprint density at radius 1 is 1.00 bits per heavy atom. The van der Waals surface area contributed by atoms with Crippen molar-refractivity contribution in [2.45, 2.75) is 25.0 Å². The van der Waals surface area contributed by atoms with Crippen molar-refractivity contribution in [3.63, 3.8) is 0 Å². The van der Waals surface area contributed by atoms with Crippen LogP contribution in [-0.2, 0) is 20.9 Å². The first-order chi connectivity index (χ1) is 16.4. The number of likely N-dealkylation sites (N-methyl/N-ethyl adjacent to an activating group) is 1. The molecule has 178 valence electrons. The molecule has 2 heterocycles. The van der Waals surface area contributed by atoms with E-state index in [-0.39, 0.29) is 38.4 Å². The number of rotatable bonds is 4. The summed E-state index contributed by atoms with van der Waals surface area (Å²) in [6.45, 7) is 0.720. The van der Waals surface area contributed by atoms with Gasteiger partial charge in [-0.25, -0.2) is 14.4 Å². The summed E-state index contributed by atoms with van der Waals surface area (Å²) in [7, 11) is 2.72. The molecule has 0 bridgehead atoms. The molecule has 0 saturated carbocycles. The zero-order valence-electron chi connectivity index (χ0n) is 19.0. The number of urea groups is 1. The number of nitrogens with zero attached hydrogens (tertiary/aromatic N) is 3. The number of anilines is 2. The second-order valence-electron chi connectivity index (χ2n) is 8.20. The SMILES string of the molecule is COC(=O)Nc1ccc(N2C(=O)N(C)C(=O)C23CCN(C(=O)OCc2ccccc2)CC3)cc1. The third-order valence-electron chi connectivity index (χ3n) is 6.22. The smallest absolute Gasteiger partial charge is 0.411 e. The lowest BCUT2D eigenvalue weighted by atomic mass is 9.85. The summed E-state index contributed by atoms with van der Waals surface area (Å²) < 4.78 is 10.0. The molecule has 10 heteroatoms. The van der Waals surface area contributed by atoms with Gasteiger partial charge in [0.1, 0.15) is 12.1 Å². The Morgan fingerprint density at radius 3 is 2.26 bits per heavy atom. The van der Waals surface area contributed by atoms with Crippen molar-refractivity contribution in [2.24, 2.45) is 0 Å². The zero-order chi connectivity index (χ0) is 24.3. The van der Waals surface area contributed by atoms with Crippen molar-refractivity contribution >= 4 is 35.5 Å². The van der Waals surface area contributed by atoms with Crippen LogP contribution in [0.4, 0.5) is 25.8 Å². The van der Waals surface area contributed by atoms with Crippen LogP contribution in [0.25, 0.3) is 0 Å². The third kappa shape index (κ3) is 4.26. The number of nitrogens with one attached hydrogen (secondary N) is 1. The summed E-state index contributed by atoms with van der Waals surface area (Å²) in [5.74, 6) is -0.299. The molecule has 5 amide bonds. The Balaban J connectivity index is 1.47. The number of methoxy groups -OCH3 is 1. The lowest BCUT2D eigenvalue weighted by molar-refractivity contribution is -0.131. The van der Waals surface area contributed by atoms with Crippen LogP contribution < -0.4 is 10.2 Å². The van der Waals surface area contributed by atoms with Gasteiger partial charge in [0.15, 0.2) is 0 Å². The lowest BCUT2D eigenvalue weighted by Crippen LogP contribution is -2.57. The van der Waals surface area contributed by atoms with Crippen LogP contribution in [0.3, 0.4) is 0 Å². The second kappa shape index (κ2) is 9.42. The van der Waals surface area contributed by atoms with Gasteiger partial charge >= 0.3 is 18.2 Å². The Bertz CT molecular complexity index is 1080. The van der Waals surface area contributed by atoms with Crippen LogP contribution in [0.15, 0.2) is 54.6 Å². The van der Waals surface area contributed by atoms with E-state index < -0.39 is 23.8 Å². The summed E-state index contributed by atoms with van der Waals surface area (Å²) in [6.07, 6.45) is -0.494. The molecule has 2 aliphatic rings. The van der Waals surface area contributed by atoms with Gasteiger partial charge in [-0.2, -0.15) is 0 Å². The first-order valence-electron chi connectivity index (χ1n) is 10.9. The number of carbonyl (C=O) groups excluding carboxylic acids is 4. The van der Waals surface area contributed by atoms with E-state index in [1.807, 2.05) is 30.3 Å². The van der Waals surface area contributed by atoms with Crippen molar-refractivity contribution < 1.29 is 28.7 Å². The number of amides is 5. The predicted molar refractivity (Wildman–Crippen MR) is 123 cm³/mol. The fourth-order valence-corrected chi connectivity index (χ4v) is 4.36. The Labute approximate surface area is 197 Å². The van der Waals surface area contributed by atoms with Gasteiger partial charge < -0.3 is 14.4 Å². The maximum absolute atomic E-state index is 13.2. The molecule has 2 saturated heterocycles. The molecular weight excluding hydrogens is 440 g/mol. The molecular formula is C24H26N4O6. The largest absolute Gasteiger partial charge is 0.453 e. The molecule has 0 unspecified atom stereocenters. The number of ether oxygens (including phenoxy) is 2. The Kier molecular flexibility index (Phi) is 6.40. The van der Waals surface area contributed by atoms with Gasteiger partial charge in [0.2, 0.25) is 0 Å². The van der Waals surface area contributed by atoms with Crippen LogP contribution in [-0.4, -0.2) is 66.7 Å². The third-order valence-corrected chi connectivity index (χ3v) is 6.22. The van der Waals surface area contributed by atoms with Crippen molar-refractivity contribution in [1.82, 2.24) is 9.80 Å². The first kappa shape index (κ1) is 23.1. The van der Waals surface area contributed by atoms with Crippen LogP contribution in [0, 0.1) is 0 Å². The quantitative estimate of drug-likeness (QED) is 0.692.